The van der Waals surface area contributed by atoms with Crippen LogP contribution in [0.15, 0.2) is 36.7 Å². The van der Waals surface area contributed by atoms with Gasteiger partial charge in [0.2, 0.25) is 0 Å². The molecule has 0 fully saturated rings. The molecular weight excluding hydrogens is 264 g/mol. The fraction of sp³-hybridized carbons (Fsp3) is 0.357. The van der Waals surface area contributed by atoms with E-state index in [9.17, 15) is 8.78 Å². The molecule has 108 valence electrons. The quantitative estimate of drug-likeness (QED) is 0.878. The average molecular weight is 281 g/mol. The summed E-state index contributed by atoms with van der Waals surface area (Å²) in [5.74, 6) is 0.163. The molecule has 0 aliphatic heterocycles. The van der Waals surface area contributed by atoms with Gasteiger partial charge in [-0.3, -0.25) is 4.68 Å². The van der Waals surface area contributed by atoms with Crippen molar-refractivity contribution >= 4 is 5.69 Å². The predicted molar refractivity (Wildman–Crippen MR) is 73.0 cm³/mol. The highest BCUT2D eigenvalue weighted by molar-refractivity contribution is 5.39. The topological polar surface area (TPSA) is 39.1 Å². The molecule has 1 N–H and O–H groups in total. The molecule has 0 aliphatic rings. The lowest BCUT2D eigenvalue weighted by molar-refractivity contribution is -0.0498. The highest BCUT2D eigenvalue weighted by Crippen LogP contribution is 2.16. The fourth-order valence-electron chi connectivity index (χ4n) is 1.70. The van der Waals surface area contributed by atoms with E-state index in [4.69, 9.17) is 0 Å². The lowest BCUT2D eigenvalue weighted by Gasteiger charge is -2.07. The zero-order valence-corrected chi connectivity index (χ0v) is 11.4. The standard InChI is InChI=1S/C14H17F2N3O/c1-10(2)19-9-12(8-18-19)17-7-11-3-5-13(6-4-11)20-14(15)16/h3-6,8-10,14,17H,7H2,1-2H3. The number of rotatable bonds is 6. The molecular formula is C14H17F2N3O. The first kappa shape index (κ1) is 14.3. The zero-order chi connectivity index (χ0) is 14.5. The summed E-state index contributed by atoms with van der Waals surface area (Å²) in [5.41, 5.74) is 1.90. The third-order valence-electron chi connectivity index (χ3n) is 2.78. The van der Waals surface area contributed by atoms with Crippen LogP contribution < -0.4 is 10.1 Å². The first-order valence-corrected chi connectivity index (χ1v) is 6.36. The molecule has 20 heavy (non-hydrogen) atoms. The van der Waals surface area contributed by atoms with Gasteiger partial charge in [0.05, 0.1) is 11.9 Å². The van der Waals surface area contributed by atoms with Crippen molar-refractivity contribution in [1.82, 2.24) is 9.78 Å². The Bertz CT molecular complexity index is 538. The number of aromatic nitrogens is 2. The van der Waals surface area contributed by atoms with Gasteiger partial charge >= 0.3 is 6.61 Å². The van der Waals surface area contributed by atoms with E-state index in [0.717, 1.165) is 11.3 Å². The molecule has 2 rings (SSSR count). The minimum atomic E-state index is -2.79. The Kier molecular flexibility index (Phi) is 4.55. The summed E-state index contributed by atoms with van der Waals surface area (Å²) >= 11 is 0. The third-order valence-corrected chi connectivity index (χ3v) is 2.78. The van der Waals surface area contributed by atoms with Gasteiger partial charge in [0.25, 0.3) is 0 Å². The normalized spacial score (nSPS) is 11.1. The molecule has 1 aromatic carbocycles. The Morgan fingerprint density at radius 3 is 2.50 bits per heavy atom. The molecule has 0 saturated heterocycles. The summed E-state index contributed by atoms with van der Waals surface area (Å²) in [6.45, 7) is 1.91. The van der Waals surface area contributed by atoms with Crippen LogP contribution in [0.4, 0.5) is 14.5 Å². The van der Waals surface area contributed by atoms with Crippen LogP contribution in [-0.2, 0) is 6.54 Å². The minimum Gasteiger partial charge on any atom is -0.435 e. The molecule has 6 heteroatoms. The molecule has 4 nitrogen and oxygen atoms in total. The Labute approximate surface area is 116 Å². The molecule has 0 aliphatic carbocycles. The largest absolute Gasteiger partial charge is 0.435 e. The van der Waals surface area contributed by atoms with Gasteiger partial charge in [-0.25, -0.2) is 0 Å². The number of benzene rings is 1. The van der Waals surface area contributed by atoms with E-state index in [2.05, 4.69) is 29.0 Å². The van der Waals surface area contributed by atoms with E-state index >= 15 is 0 Å². The average Bonchev–Trinajstić information content (AvgIpc) is 2.86. The Morgan fingerprint density at radius 1 is 1.25 bits per heavy atom. The minimum absolute atomic E-state index is 0.163. The van der Waals surface area contributed by atoms with Crippen molar-refractivity contribution < 1.29 is 13.5 Å². The summed E-state index contributed by atoms with van der Waals surface area (Å²) in [6, 6.07) is 6.87. The maximum atomic E-state index is 12.0. The number of nitrogens with zero attached hydrogens (tertiary/aromatic N) is 2. The second-order valence-corrected chi connectivity index (χ2v) is 4.68. The van der Waals surface area contributed by atoms with Crippen LogP contribution in [0.5, 0.6) is 5.75 Å². The van der Waals surface area contributed by atoms with E-state index in [-0.39, 0.29) is 5.75 Å². The summed E-state index contributed by atoms with van der Waals surface area (Å²) in [5, 5.41) is 7.45. The predicted octanol–water partition coefficient (Wildman–Crippen LogP) is 3.68. The van der Waals surface area contributed by atoms with Gasteiger partial charge in [-0.2, -0.15) is 13.9 Å². The number of anilines is 1. The Balaban J connectivity index is 1.90. The molecule has 0 bridgehead atoms. The lowest BCUT2D eigenvalue weighted by Crippen LogP contribution is -2.03. The maximum absolute atomic E-state index is 12.0. The molecule has 0 spiro atoms. The summed E-state index contributed by atoms with van der Waals surface area (Å²) in [6.07, 6.45) is 3.69. The molecule has 0 unspecified atom stereocenters. The Morgan fingerprint density at radius 2 is 1.95 bits per heavy atom. The monoisotopic (exact) mass is 281 g/mol. The van der Waals surface area contributed by atoms with E-state index in [1.807, 2.05) is 10.9 Å². The number of halogens is 2. The van der Waals surface area contributed by atoms with Crippen molar-refractivity contribution in [2.75, 3.05) is 5.32 Å². The lowest BCUT2D eigenvalue weighted by atomic mass is 10.2. The van der Waals surface area contributed by atoms with Gasteiger partial charge in [-0.15, -0.1) is 0 Å². The molecule has 1 aromatic heterocycles. The number of hydrogen-bond donors (Lipinski definition) is 1. The highest BCUT2D eigenvalue weighted by atomic mass is 19.3. The van der Waals surface area contributed by atoms with Gasteiger partial charge in [0.1, 0.15) is 5.75 Å². The SMILES string of the molecule is CC(C)n1cc(NCc2ccc(OC(F)F)cc2)cn1. The summed E-state index contributed by atoms with van der Waals surface area (Å²) < 4.78 is 30.2. The van der Waals surface area contributed by atoms with Gasteiger partial charge in [-0.05, 0) is 31.5 Å². The van der Waals surface area contributed by atoms with Crippen molar-refractivity contribution in [2.45, 2.75) is 33.0 Å². The van der Waals surface area contributed by atoms with E-state index in [1.165, 1.54) is 12.1 Å². The third kappa shape index (κ3) is 3.94. The van der Waals surface area contributed by atoms with Crippen molar-refractivity contribution in [2.24, 2.45) is 0 Å². The molecule has 0 saturated carbocycles. The van der Waals surface area contributed by atoms with Gasteiger partial charge in [0.15, 0.2) is 0 Å². The number of hydrogen-bond acceptors (Lipinski definition) is 3. The number of ether oxygens (including phenoxy) is 1. The Hall–Kier alpha value is -2.11. The highest BCUT2D eigenvalue weighted by Gasteiger charge is 2.04. The van der Waals surface area contributed by atoms with Gasteiger partial charge in [-0.1, -0.05) is 12.1 Å². The van der Waals surface area contributed by atoms with Crippen LogP contribution in [0.1, 0.15) is 25.5 Å². The van der Waals surface area contributed by atoms with E-state index < -0.39 is 6.61 Å². The van der Waals surface area contributed by atoms with Crippen molar-refractivity contribution in [3.8, 4) is 5.75 Å². The molecule has 0 atom stereocenters. The second-order valence-electron chi connectivity index (χ2n) is 4.68. The van der Waals surface area contributed by atoms with Crippen LogP contribution >= 0.6 is 0 Å². The first-order chi connectivity index (χ1) is 9.54. The summed E-state index contributed by atoms with van der Waals surface area (Å²) in [4.78, 5) is 0. The van der Waals surface area contributed by atoms with Crippen LogP contribution in [0, 0.1) is 0 Å². The summed E-state index contributed by atoms with van der Waals surface area (Å²) in [7, 11) is 0. The number of alkyl halides is 2. The molecule has 0 radical (unpaired) electrons. The molecule has 2 aromatic rings. The van der Waals surface area contributed by atoms with Crippen molar-refractivity contribution in [1.29, 1.82) is 0 Å². The van der Waals surface area contributed by atoms with Crippen molar-refractivity contribution in [3.63, 3.8) is 0 Å². The first-order valence-electron chi connectivity index (χ1n) is 6.36. The van der Waals surface area contributed by atoms with E-state index in [1.54, 1.807) is 18.3 Å². The zero-order valence-electron chi connectivity index (χ0n) is 11.4. The molecule has 0 amide bonds. The van der Waals surface area contributed by atoms with Crippen LogP contribution in [0.2, 0.25) is 0 Å². The number of nitrogens with one attached hydrogen (secondary N) is 1. The fourth-order valence-corrected chi connectivity index (χ4v) is 1.70. The smallest absolute Gasteiger partial charge is 0.387 e. The van der Waals surface area contributed by atoms with Crippen LogP contribution in [0.3, 0.4) is 0 Å². The van der Waals surface area contributed by atoms with Gasteiger partial charge in [0, 0.05) is 18.8 Å². The maximum Gasteiger partial charge on any atom is 0.387 e. The molecule has 1 heterocycles. The van der Waals surface area contributed by atoms with Crippen molar-refractivity contribution in [3.05, 3.63) is 42.2 Å². The van der Waals surface area contributed by atoms with E-state index in [0.29, 0.717) is 12.6 Å². The van der Waals surface area contributed by atoms with Crippen LogP contribution in [-0.4, -0.2) is 16.4 Å². The van der Waals surface area contributed by atoms with Gasteiger partial charge < -0.3 is 10.1 Å². The second kappa shape index (κ2) is 6.36. The van der Waals surface area contributed by atoms with Crippen LogP contribution in [0.25, 0.3) is 0 Å².